The Kier molecular flexibility index (Phi) is 5.09. The van der Waals surface area contributed by atoms with Crippen LogP contribution in [0, 0.1) is 21.4 Å². The maximum absolute atomic E-state index is 10.7. The third-order valence-electron chi connectivity index (χ3n) is 3.66. The molecule has 9 heteroatoms. The fourth-order valence-corrected chi connectivity index (χ4v) is 2.25. The van der Waals surface area contributed by atoms with Crippen molar-refractivity contribution in [1.82, 2.24) is 10.2 Å². The molecule has 3 rings (SSSR count). The van der Waals surface area contributed by atoms with Crippen molar-refractivity contribution in [1.29, 1.82) is 5.26 Å². The summed E-state index contributed by atoms with van der Waals surface area (Å²) in [6.45, 7) is 0. The number of methoxy groups -OCH3 is 1. The van der Waals surface area contributed by atoms with Crippen molar-refractivity contribution >= 4 is 29.2 Å². The van der Waals surface area contributed by atoms with Gasteiger partial charge in [0.1, 0.15) is 17.4 Å². The van der Waals surface area contributed by atoms with Gasteiger partial charge in [-0.3, -0.25) is 15.2 Å². The minimum absolute atomic E-state index is 0.00242. The predicted octanol–water partition coefficient (Wildman–Crippen LogP) is 3.69. The molecule has 27 heavy (non-hydrogen) atoms. The van der Waals surface area contributed by atoms with Gasteiger partial charge in [0.05, 0.1) is 12.0 Å². The molecule has 0 fully saturated rings. The number of H-pyrrole nitrogens is 1. The first kappa shape index (κ1) is 17.6. The van der Waals surface area contributed by atoms with Gasteiger partial charge in [0.2, 0.25) is 0 Å². The summed E-state index contributed by atoms with van der Waals surface area (Å²) in [5.74, 6) is 1.35. The quantitative estimate of drug-likeness (QED) is 0.391. The first-order valence-electron chi connectivity index (χ1n) is 7.79. The summed E-state index contributed by atoms with van der Waals surface area (Å²) in [4.78, 5) is 14.4. The van der Waals surface area contributed by atoms with E-state index in [0.29, 0.717) is 11.4 Å². The predicted molar refractivity (Wildman–Crippen MR) is 99.9 cm³/mol. The molecule has 0 bridgehead atoms. The number of ether oxygens (including phenoxy) is 1. The maximum Gasteiger partial charge on any atom is 0.269 e. The van der Waals surface area contributed by atoms with E-state index in [1.165, 1.54) is 18.3 Å². The standard InChI is InChI=1S/C18H14N6O3/c1-27-15-8-4-13(5-9-15)21-18-16(10-19)17(22-23-18)20-11-12-2-6-14(7-3-12)24(25)26/h2-9,11H,1H3,(H2,21,22,23)/b20-11+. The molecule has 0 aliphatic rings. The van der Waals surface area contributed by atoms with Crippen molar-refractivity contribution in [3.8, 4) is 11.8 Å². The number of nitro groups is 1. The van der Waals surface area contributed by atoms with Crippen LogP contribution in [-0.4, -0.2) is 28.4 Å². The second-order valence-electron chi connectivity index (χ2n) is 5.37. The van der Waals surface area contributed by atoms with Crippen LogP contribution >= 0.6 is 0 Å². The molecule has 2 N–H and O–H groups in total. The number of aromatic nitrogens is 2. The summed E-state index contributed by atoms with van der Waals surface area (Å²) in [7, 11) is 1.58. The number of aliphatic imine (C=N–C) groups is 1. The normalized spacial score (nSPS) is 10.5. The molecule has 0 aliphatic carbocycles. The molecule has 3 aromatic rings. The topological polar surface area (TPSA) is 129 Å². The van der Waals surface area contributed by atoms with Gasteiger partial charge < -0.3 is 10.1 Å². The average molecular weight is 362 g/mol. The first-order chi connectivity index (χ1) is 13.1. The number of nitrogens with zero attached hydrogens (tertiary/aromatic N) is 4. The summed E-state index contributed by atoms with van der Waals surface area (Å²) in [6.07, 6.45) is 1.50. The molecule has 0 aliphatic heterocycles. The van der Waals surface area contributed by atoms with Crippen LogP contribution in [0.5, 0.6) is 5.75 Å². The Labute approximate surface area is 154 Å². The lowest BCUT2D eigenvalue weighted by molar-refractivity contribution is -0.384. The van der Waals surface area contributed by atoms with Gasteiger partial charge in [-0.15, -0.1) is 0 Å². The summed E-state index contributed by atoms with van der Waals surface area (Å²) >= 11 is 0. The van der Waals surface area contributed by atoms with Crippen LogP contribution in [0.3, 0.4) is 0 Å². The summed E-state index contributed by atoms with van der Waals surface area (Å²) in [6, 6.07) is 15.1. The molecular formula is C18H14N6O3. The Hall–Kier alpha value is -4.19. The molecule has 0 atom stereocenters. The number of rotatable bonds is 6. The van der Waals surface area contributed by atoms with Crippen molar-refractivity contribution in [3.05, 3.63) is 69.8 Å². The number of non-ortho nitro benzene ring substituents is 1. The molecule has 134 valence electrons. The van der Waals surface area contributed by atoms with E-state index in [2.05, 4.69) is 26.6 Å². The lowest BCUT2D eigenvalue weighted by atomic mass is 10.2. The lowest BCUT2D eigenvalue weighted by Gasteiger charge is -2.04. The summed E-state index contributed by atoms with van der Waals surface area (Å²) in [5.41, 5.74) is 1.65. The van der Waals surface area contributed by atoms with Crippen molar-refractivity contribution in [2.24, 2.45) is 4.99 Å². The van der Waals surface area contributed by atoms with Crippen LogP contribution in [0.2, 0.25) is 0 Å². The van der Waals surface area contributed by atoms with Crippen molar-refractivity contribution in [2.75, 3.05) is 12.4 Å². The molecule has 0 radical (unpaired) electrons. The zero-order valence-corrected chi connectivity index (χ0v) is 14.2. The van der Waals surface area contributed by atoms with E-state index in [1.54, 1.807) is 43.5 Å². The SMILES string of the molecule is COc1ccc(Nc2n[nH]c(/N=C/c3ccc([N+](=O)[O-])cc3)c2C#N)cc1. The number of nitro benzene ring substituents is 1. The first-order valence-corrected chi connectivity index (χ1v) is 7.79. The Bertz CT molecular complexity index is 1020. The average Bonchev–Trinajstić information content (AvgIpc) is 3.08. The van der Waals surface area contributed by atoms with E-state index in [9.17, 15) is 15.4 Å². The smallest absolute Gasteiger partial charge is 0.269 e. The van der Waals surface area contributed by atoms with Gasteiger partial charge in [0, 0.05) is 24.0 Å². The van der Waals surface area contributed by atoms with Gasteiger partial charge in [-0.2, -0.15) is 10.4 Å². The number of aromatic amines is 1. The Balaban J connectivity index is 1.78. The second-order valence-corrected chi connectivity index (χ2v) is 5.37. The Morgan fingerprint density at radius 1 is 1.26 bits per heavy atom. The highest BCUT2D eigenvalue weighted by molar-refractivity contribution is 5.83. The number of hydrogen-bond acceptors (Lipinski definition) is 7. The van der Waals surface area contributed by atoms with Crippen LogP contribution in [0.25, 0.3) is 0 Å². The van der Waals surface area contributed by atoms with Crippen LogP contribution in [0.4, 0.5) is 23.0 Å². The highest BCUT2D eigenvalue weighted by Gasteiger charge is 2.12. The van der Waals surface area contributed by atoms with E-state index in [0.717, 1.165) is 11.4 Å². The van der Waals surface area contributed by atoms with Gasteiger partial charge in [0.25, 0.3) is 5.69 Å². The Morgan fingerprint density at radius 3 is 2.56 bits per heavy atom. The van der Waals surface area contributed by atoms with Crippen molar-refractivity contribution in [3.63, 3.8) is 0 Å². The largest absolute Gasteiger partial charge is 0.497 e. The van der Waals surface area contributed by atoms with Gasteiger partial charge in [-0.1, -0.05) is 0 Å². The number of nitrogens with one attached hydrogen (secondary N) is 2. The number of benzene rings is 2. The second kappa shape index (κ2) is 7.79. The zero-order valence-electron chi connectivity index (χ0n) is 14.2. The number of anilines is 2. The molecule has 9 nitrogen and oxygen atoms in total. The Morgan fingerprint density at radius 2 is 1.96 bits per heavy atom. The molecule has 2 aromatic carbocycles. The van der Waals surface area contributed by atoms with Gasteiger partial charge in [0.15, 0.2) is 11.6 Å². The van der Waals surface area contributed by atoms with Crippen LogP contribution in [-0.2, 0) is 0 Å². The van der Waals surface area contributed by atoms with E-state index in [-0.39, 0.29) is 17.1 Å². The molecule has 1 heterocycles. The third-order valence-corrected chi connectivity index (χ3v) is 3.66. The minimum atomic E-state index is -0.472. The zero-order chi connectivity index (χ0) is 19.2. The van der Waals surface area contributed by atoms with Crippen molar-refractivity contribution in [2.45, 2.75) is 0 Å². The van der Waals surface area contributed by atoms with E-state index < -0.39 is 4.92 Å². The van der Waals surface area contributed by atoms with Crippen LogP contribution in [0.15, 0.2) is 53.5 Å². The lowest BCUT2D eigenvalue weighted by Crippen LogP contribution is -1.93. The monoisotopic (exact) mass is 362 g/mol. The minimum Gasteiger partial charge on any atom is -0.497 e. The van der Waals surface area contributed by atoms with Crippen LogP contribution < -0.4 is 10.1 Å². The fourth-order valence-electron chi connectivity index (χ4n) is 2.25. The van der Waals surface area contributed by atoms with Gasteiger partial charge in [-0.25, -0.2) is 4.99 Å². The fraction of sp³-hybridized carbons (Fsp3) is 0.0556. The van der Waals surface area contributed by atoms with Crippen LogP contribution in [0.1, 0.15) is 11.1 Å². The molecule has 0 saturated heterocycles. The van der Waals surface area contributed by atoms with E-state index in [1.807, 2.05) is 0 Å². The molecular weight excluding hydrogens is 348 g/mol. The number of hydrogen-bond donors (Lipinski definition) is 2. The third kappa shape index (κ3) is 4.08. The van der Waals surface area contributed by atoms with Gasteiger partial charge >= 0.3 is 0 Å². The van der Waals surface area contributed by atoms with E-state index in [4.69, 9.17) is 4.74 Å². The number of nitriles is 1. The molecule has 1 aromatic heterocycles. The summed E-state index contributed by atoms with van der Waals surface area (Å²) < 4.78 is 5.10. The molecule has 0 unspecified atom stereocenters. The van der Waals surface area contributed by atoms with Gasteiger partial charge in [-0.05, 0) is 42.0 Å². The van der Waals surface area contributed by atoms with Crippen molar-refractivity contribution < 1.29 is 9.66 Å². The molecule has 0 spiro atoms. The highest BCUT2D eigenvalue weighted by atomic mass is 16.6. The molecule has 0 saturated carbocycles. The highest BCUT2D eigenvalue weighted by Crippen LogP contribution is 2.26. The van der Waals surface area contributed by atoms with E-state index >= 15 is 0 Å². The maximum atomic E-state index is 10.7. The molecule has 0 amide bonds. The summed E-state index contributed by atoms with van der Waals surface area (Å²) in [5, 5.41) is 29.9.